The van der Waals surface area contributed by atoms with Crippen LogP contribution in [0.25, 0.3) is 44.5 Å². The SMILES string of the molecule is [2H]C([2H])(c1ccccc1)c1cc[c-]c(-c2ccccn2)c1.[2H]C([2H])(c1ccccc1)c1ccnc(-c2[c-]cc3oc4ccccc4c3c2)c1.[Ir]. The fourth-order valence-corrected chi connectivity index (χ4v) is 5.06. The summed E-state index contributed by atoms with van der Waals surface area (Å²) in [6.07, 6.45) is 0.226. The van der Waals surface area contributed by atoms with Gasteiger partial charge in [0.05, 0.1) is 5.58 Å². The van der Waals surface area contributed by atoms with Crippen LogP contribution >= 0.6 is 0 Å². The maximum atomic E-state index is 8.60. The fourth-order valence-electron chi connectivity index (χ4n) is 5.06. The first-order valence-electron chi connectivity index (χ1n) is 16.7. The molecule has 3 nitrogen and oxygen atoms in total. The predicted molar refractivity (Wildman–Crippen MR) is 183 cm³/mol. The molecule has 0 saturated carbocycles. The number of aromatic nitrogens is 2. The van der Waals surface area contributed by atoms with E-state index in [0.717, 1.165) is 38.8 Å². The predicted octanol–water partition coefficient (Wildman–Crippen LogP) is 10.2. The van der Waals surface area contributed by atoms with Crippen LogP contribution < -0.4 is 0 Å². The van der Waals surface area contributed by atoms with Crippen molar-refractivity contribution in [1.29, 1.82) is 0 Å². The summed E-state index contributed by atoms with van der Waals surface area (Å²) in [5.41, 5.74) is 7.13. The molecule has 8 rings (SSSR count). The van der Waals surface area contributed by atoms with Gasteiger partial charge in [0.25, 0.3) is 0 Å². The molecule has 0 aliphatic heterocycles. The molecule has 0 bridgehead atoms. The Morgan fingerprint density at radius 3 is 1.91 bits per heavy atom. The Balaban J connectivity index is 0.000000177. The van der Waals surface area contributed by atoms with Gasteiger partial charge in [-0.15, -0.1) is 59.2 Å². The van der Waals surface area contributed by atoms with Crippen LogP contribution in [0.3, 0.4) is 0 Å². The van der Waals surface area contributed by atoms with Gasteiger partial charge in [-0.25, -0.2) is 0 Å². The summed E-state index contributed by atoms with van der Waals surface area (Å²) in [4.78, 5) is 8.75. The molecule has 0 spiro atoms. The van der Waals surface area contributed by atoms with E-state index >= 15 is 0 Å². The fraction of sp³-hybridized carbons (Fsp3) is 0.0476. The second-order valence-corrected chi connectivity index (χ2v) is 10.3. The maximum Gasteiger partial charge on any atom is 0.120 e. The topological polar surface area (TPSA) is 38.9 Å². The molecule has 46 heavy (non-hydrogen) atoms. The molecule has 0 aliphatic carbocycles. The van der Waals surface area contributed by atoms with E-state index in [2.05, 4.69) is 22.1 Å². The van der Waals surface area contributed by atoms with Crippen molar-refractivity contribution in [2.75, 3.05) is 0 Å². The molecular formula is C42H30IrN2O-2. The van der Waals surface area contributed by atoms with Crippen LogP contribution in [0.5, 0.6) is 0 Å². The monoisotopic (exact) mass is 775 g/mol. The molecule has 0 fully saturated rings. The van der Waals surface area contributed by atoms with E-state index in [-0.39, 0.29) is 20.1 Å². The molecule has 8 aromatic rings. The van der Waals surface area contributed by atoms with Gasteiger partial charge in [0.1, 0.15) is 5.58 Å². The first kappa shape index (κ1) is 26.1. The van der Waals surface area contributed by atoms with Crippen molar-refractivity contribution in [1.82, 2.24) is 9.97 Å². The average Bonchev–Trinajstić information content (AvgIpc) is 3.54. The number of nitrogens with zero attached hydrogens (tertiary/aromatic N) is 2. The van der Waals surface area contributed by atoms with Gasteiger partial charge in [0, 0.05) is 43.4 Å². The number of hydrogen-bond donors (Lipinski definition) is 0. The largest absolute Gasteiger partial charge is 0.500 e. The number of fused-ring (bicyclic) bond motifs is 3. The van der Waals surface area contributed by atoms with Gasteiger partial charge in [-0.05, 0) is 59.0 Å². The first-order valence-corrected chi connectivity index (χ1v) is 14.7. The normalized spacial score (nSPS) is 12.5. The number of hydrogen-bond acceptors (Lipinski definition) is 3. The Morgan fingerprint density at radius 1 is 0.522 bits per heavy atom. The van der Waals surface area contributed by atoms with Crippen molar-refractivity contribution in [3.05, 3.63) is 192 Å². The van der Waals surface area contributed by atoms with Crippen molar-refractivity contribution in [3.63, 3.8) is 0 Å². The van der Waals surface area contributed by atoms with E-state index in [0.29, 0.717) is 27.9 Å². The molecule has 0 N–H and O–H groups in total. The summed E-state index contributed by atoms with van der Waals surface area (Å²) in [7, 11) is 0. The summed E-state index contributed by atoms with van der Waals surface area (Å²) in [5, 5.41) is 2.05. The molecule has 5 aromatic carbocycles. The number of rotatable bonds is 6. The van der Waals surface area contributed by atoms with E-state index in [1.165, 1.54) is 0 Å². The van der Waals surface area contributed by atoms with Gasteiger partial charge in [0.15, 0.2) is 0 Å². The molecule has 3 aromatic heterocycles. The van der Waals surface area contributed by atoms with Gasteiger partial charge in [-0.3, -0.25) is 0 Å². The second-order valence-electron chi connectivity index (χ2n) is 10.3. The van der Waals surface area contributed by atoms with E-state index in [1.54, 1.807) is 60.9 Å². The van der Waals surface area contributed by atoms with Crippen molar-refractivity contribution < 1.29 is 30.0 Å². The standard InChI is InChI=1S/C24H16NO.C18H14N.Ir/c1-2-6-17(7-3-1)14-18-12-13-25-22(15-18)19-10-11-24-21(16-19)20-8-4-5-9-23(20)26-24;1-2-7-15(8-3-1)13-16-9-6-10-17(14-16)18-11-4-5-12-19-18;/h1-9,11-13,15-16H,14H2;1-9,11-12,14H,13H2;/q2*-1;/i14D2;13D2;. The zero-order valence-corrected chi connectivity index (χ0v) is 27.0. The molecule has 0 amide bonds. The zero-order valence-electron chi connectivity index (χ0n) is 28.6. The average molecular weight is 775 g/mol. The quantitative estimate of drug-likeness (QED) is 0.158. The third-order valence-corrected chi connectivity index (χ3v) is 7.21. The minimum atomic E-state index is -1.61. The van der Waals surface area contributed by atoms with E-state index in [9.17, 15) is 0 Å². The van der Waals surface area contributed by atoms with E-state index in [1.807, 2.05) is 97.1 Å². The molecule has 1 radical (unpaired) electrons. The molecule has 0 unspecified atom stereocenters. The number of furan rings is 1. The maximum absolute atomic E-state index is 8.60. The van der Waals surface area contributed by atoms with Crippen LogP contribution in [0.4, 0.5) is 0 Å². The van der Waals surface area contributed by atoms with Gasteiger partial charge < -0.3 is 14.4 Å². The molecule has 225 valence electrons. The number of para-hydroxylation sites is 1. The minimum absolute atomic E-state index is 0. The summed E-state index contributed by atoms with van der Waals surface area (Å²) in [6, 6.07) is 51.0. The molecule has 3 heterocycles. The van der Waals surface area contributed by atoms with Crippen LogP contribution in [0, 0.1) is 12.1 Å². The summed E-state index contributed by atoms with van der Waals surface area (Å²) < 4.78 is 39.9. The van der Waals surface area contributed by atoms with Crippen molar-refractivity contribution in [3.8, 4) is 22.5 Å². The molecule has 4 heteroatoms. The third-order valence-electron chi connectivity index (χ3n) is 7.21. The molecule has 0 aliphatic rings. The number of benzene rings is 5. The van der Waals surface area contributed by atoms with Crippen molar-refractivity contribution in [2.45, 2.75) is 12.7 Å². The molecular weight excluding hydrogens is 741 g/mol. The van der Waals surface area contributed by atoms with Crippen LogP contribution in [0.1, 0.15) is 27.7 Å². The third kappa shape index (κ3) is 7.38. The van der Waals surface area contributed by atoms with Crippen LogP contribution in [-0.4, -0.2) is 9.97 Å². The Hall–Kier alpha value is -5.15. The Labute approximate surface area is 288 Å². The molecule has 0 saturated heterocycles. The summed E-state index contributed by atoms with van der Waals surface area (Å²) in [5.74, 6) is 0. The number of pyridine rings is 2. The summed E-state index contributed by atoms with van der Waals surface area (Å²) in [6.45, 7) is 0. The van der Waals surface area contributed by atoms with E-state index < -0.39 is 12.7 Å². The Morgan fingerprint density at radius 2 is 1.17 bits per heavy atom. The summed E-state index contributed by atoms with van der Waals surface area (Å²) >= 11 is 0. The molecule has 0 atom stereocenters. The smallest absolute Gasteiger partial charge is 0.120 e. The van der Waals surface area contributed by atoms with Gasteiger partial charge >= 0.3 is 0 Å². The van der Waals surface area contributed by atoms with Crippen molar-refractivity contribution >= 4 is 21.9 Å². The first-order chi connectivity index (χ1) is 23.8. The van der Waals surface area contributed by atoms with Crippen LogP contribution in [0.2, 0.25) is 0 Å². The minimum Gasteiger partial charge on any atom is -0.500 e. The Bertz CT molecular complexity index is 2350. The van der Waals surface area contributed by atoms with Crippen molar-refractivity contribution in [2.24, 2.45) is 0 Å². The van der Waals surface area contributed by atoms with Gasteiger partial charge in [-0.2, -0.15) is 0 Å². The van der Waals surface area contributed by atoms with Gasteiger partial charge in [-0.1, -0.05) is 102 Å². The van der Waals surface area contributed by atoms with Crippen LogP contribution in [-0.2, 0) is 32.9 Å². The second kappa shape index (κ2) is 14.8. The van der Waals surface area contributed by atoms with Crippen LogP contribution in [0.15, 0.2) is 162 Å². The van der Waals surface area contributed by atoms with Gasteiger partial charge in [0.2, 0.25) is 0 Å². The zero-order chi connectivity index (χ0) is 33.8. The Kier molecular flexibility index (Phi) is 8.37. The van der Waals surface area contributed by atoms with E-state index in [4.69, 9.17) is 9.90 Å².